The number of aromatic nitrogens is 4. The molecule has 1 aliphatic carbocycles. The molecule has 0 unspecified atom stereocenters. The highest BCUT2D eigenvalue weighted by molar-refractivity contribution is 6.10. The topological polar surface area (TPSA) is 56.7 Å². The standard InChI is InChI=1S/C55H36N4O/c1-2-13-36(14-3-1)53-56-54(58-55(57-53)43-27-29-52-48(33-43)47-21-7-9-23-51(47)60-52)42-18-10-16-38(31-42)39-17-11-19-44(32-39)59-49-22-8-6-20-45(49)46-28-26-41(34-50(46)59)40-25-24-35-12-4-5-15-37(35)30-40/h1-6,8-20,22-34H,7,21H2. The van der Waals surface area contributed by atoms with Gasteiger partial charge in [0.05, 0.1) is 11.0 Å². The lowest BCUT2D eigenvalue weighted by molar-refractivity contribution is 0.595. The highest BCUT2D eigenvalue weighted by Crippen LogP contribution is 2.38. The number of benzene rings is 8. The second-order valence-corrected chi connectivity index (χ2v) is 15.5. The number of hydrogen-bond donors (Lipinski definition) is 0. The van der Waals surface area contributed by atoms with Gasteiger partial charge in [0.25, 0.3) is 0 Å². The molecule has 0 atom stereocenters. The first-order chi connectivity index (χ1) is 29.7. The Bertz CT molecular complexity index is 3500. The van der Waals surface area contributed by atoms with Gasteiger partial charge in [-0.2, -0.15) is 0 Å². The van der Waals surface area contributed by atoms with Gasteiger partial charge in [-0.1, -0.05) is 133 Å². The molecule has 282 valence electrons. The van der Waals surface area contributed by atoms with E-state index in [9.17, 15) is 0 Å². The van der Waals surface area contributed by atoms with Crippen molar-refractivity contribution in [3.8, 4) is 62.1 Å². The maximum Gasteiger partial charge on any atom is 0.164 e. The Morgan fingerprint density at radius 3 is 1.93 bits per heavy atom. The van der Waals surface area contributed by atoms with Crippen molar-refractivity contribution in [3.63, 3.8) is 0 Å². The van der Waals surface area contributed by atoms with Gasteiger partial charge in [0.2, 0.25) is 0 Å². The zero-order valence-electron chi connectivity index (χ0n) is 32.6. The van der Waals surface area contributed by atoms with Crippen LogP contribution in [0, 0.1) is 0 Å². The van der Waals surface area contributed by atoms with Crippen LogP contribution in [0.3, 0.4) is 0 Å². The normalized spacial score (nSPS) is 12.5. The van der Waals surface area contributed by atoms with Crippen molar-refractivity contribution in [2.75, 3.05) is 0 Å². The van der Waals surface area contributed by atoms with E-state index in [2.05, 4.69) is 162 Å². The lowest BCUT2D eigenvalue weighted by Gasteiger charge is -2.12. The van der Waals surface area contributed by atoms with Crippen LogP contribution in [0.15, 0.2) is 192 Å². The largest absolute Gasteiger partial charge is 0.456 e. The molecule has 0 spiro atoms. The van der Waals surface area contributed by atoms with E-state index in [4.69, 9.17) is 19.4 Å². The third-order valence-corrected chi connectivity index (χ3v) is 11.9. The molecule has 0 aliphatic heterocycles. The summed E-state index contributed by atoms with van der Waals surface area (Å²) in [7, 11) is 0. The van der Waals surface area contributed by atoms with Crippen molar-refractivity contribution < 1.29 is 4.42 Å². The number of nitrogens with zero attached hydrogens (tertiary/aromatic N) is 4. The second-order valence-electron chi connectivity index (χ2n) is 15.5. The molecule has 0 amide bonds. The summed E-state index contributed by atoms with van der Waals surface area (Å²) in [6.07, 6.45) is 6.22. The van der Waals surface area contributed by atoms with Gasteiger partial charge >= 0.3 is 0 Å². The Balaban J connectivity index is 0.965. The molecule has 0 radical (unpaired) electrons. The van der Waals surface area contributed by atoms with Crippen molar-refractivity contribution >= 4 is 49.6 Å². The molecular weight excluding hydrogens is 733 g/mol. The molecule has 0 N–H and O–H groups in total. The zero-order valence-corrected chi connectivity index (χ0v) is 32.6. The summed E-state index contributed by atoms with van der Waals surface area (Å²) >= 11 is 0. The molecular formula is C55H36N4O. The molecule has 3 heterocycles. The third kappa shape index (κ3) is 5.82. The molecule has 1 aliphatic rings. The van der Waals surface area contributed by atoms with Crippen LogP contribution in [0.5, 0.6) is 0 Å². The number of para-hydroxylation sites is 1. The van der Waals surface area contributed by atoms with Gasteiger partial charge in [0.15, 0.2) is 17.5 Å². The number of aryl methyl sites for hydroxylation is 1. The van der Waals surface area contributed by atoms with Crippen molar-refractivity contribution in [1.29, 1.82) is 0 Å². The maximum absolute atomic E-state index is 6.19. The van der Waals surface area contributed by atoms with Crippen LogP contribution in [0.4, 0.5) is 0 Å². The van der Waals surface area contributed by atoms with Gasteiger partial charge in [-0.25, -0.2) is 15.0 Å². The van der Waals surface area contributed by atoms with E-state index in [0.29, 0.717) is 17.5 Å². The number of fused-ring (bicyclic) bond motifs is 7. The van der Waals surface area contributed by atoms with Gasteiger partial charge in [-0.3, -0.25) is 0 Å². The number of rotatable bonds is 6. The molecule has 3 aromatic heterocycles. The number of hydrogen-bond acceptors (Lipinski definition) is 4. The average Bonchev–Trinajstić information content (AvgIpc) is 3.87. The number of furan rings is 1. The van der Waals surface area contributed by atoms with Crippen LogP contribution in [-0.4, -0.2) is 19.5 Å². The minimum atomic E-state index is 0.623. The molecule has 5 heteroatoms. The fraction of sp³-hybridized carbons (Fsp3) is 0.0364. The van der Waals surface area contributed by atoms with Crippen LogP contribution in [-0.2, 0) is 6.42 Å². The molecule has 5 nitrogen and oxygen atoms in total. The van der Waals surface area contributed by atoms with E-state index in [0.717, 1.165) is 63.1 Å². The van der Waals surface area contributed by atoms with Crippen LogP contribution >= 0.6 is 0 Å². The average molecular weight is 769 g/mol. The fourth-order valence-electron chi connectivity index (χ4n) is 8.93. The van der Waals surface area contributed by atoms with E-state index in [1.165, 1.54) is 49.3 Å². The highest BCUT2D eigenvalue weighted by atomic mass is 16.3. The smallest absolute Gasteiger partial charge is 0.164 e. The predicted octanol–water partition coefficient (Wildman–Crippen LogP) is 14.2. The Morgan fingerprint density at radius 1 is 0.417 bits per heavy atom. The Hall–Kier alpha value is -7.89. The van der Waals surface area contributed by atoms with E-state index >= 15 is 0 Å². The summed E-state index contributed by atoms with van der Waals surface area (Å²) < 4.78 is 8.59. The Morgan fingerprint density at radius 2 is 1.05 bits per heavy atom. The predicted molar refractivity (Wildman–Crippen MR) is 246 cm³/mol. The van der Waals surface area contributed by atoms with Crippen molar-refractivity contribution in [1.82, 2.24) is 19.5 Å². The quantitative estimate of drug-likeness (QED) is 0.169. The monoisotopic (exact) mass is 768 g/mol. The summed E-state index contributed by atoms with van der Waals surface area (Å²) in [6, 6.07) is 64.6. The summed E-state index contributed by atoms with van der Waals surface area (Å²) in [5.74, 6) is 2.83. The lowest BCUT2D eigenvalue weighted by Crippen LogP contribution is -2.00. The third-order valence-electron chi connectivity index (χ3n) is 11.9. The van der Waals surface area contributed by atoms with Crippen molar-refractivity contribution in [2.24, 2.45) is 0 Å². The molecule has 12 rings (SSSR count). The molecule has 11 aromatic rings. The Kier molecular flexibility index (Phi) is 7.91. The molecule has 0 saturated heterocycles. The molecule has 0 saturated carbocycles. The highest BCUT2D eigenvalue weighted by Gasteiger charge is 2.19. The van der Waals surface area contributed by atoms with E-state index in [1.54, 1.807) is 0 Å². The summed E-state index contributed by atoms with van der Waals surface area (Å²) in [5, 5.41) is 6.06. The van der Waals surface area contributed by atoms with Crippen molar-refractivity contribution in [2.45, 2.75) is 12.8 Å². The molecule has 8 aromatic carbocycles. The first kappa shape index (κ1) is 34.2. The number of allylic oxidation sites excluding steroid dienone is 1. The molecule has 0 fully saturated rings. The molecule has 0 bridgehead atoms. The lowest BCUT2D eigenvalue weighted by atomic mass is 9.99. The fourth-order valence-corrected chi connectivity index (χ4v) is 8.93. The van der Waals surface area contributed by atoms with Gasteiger partial charge in [0, 0.05) is 44.1 Å². The van der Waals surface area contributed by atoms with Crippen molar-refractivity contribution in [3.05, 3.63) is 199 Å². The van der Waals surface area contributed by atoms with Gasteiger partial charge in [0.1, 0.15) is 11.3 Å². The minimum Gasteiger partial charge on any atom is -0.456 e. The van der Waals surface area contributed by atoms with E-state index in [-0.39, 0.29) is 0 Å². The second kappa shape index (κ2) is 13.9. The molecule has 60 heavy (non-hydrogen) atoms. The first-order valence-electron chi connectivity index (χ1n) is 20.5. The minimum absolute atomic E-state index is 0.623. The van der Waals surface area contributed by atoms with Crippen LogP contribution in [0.25, 0.3) is 112 Å². The van der Waals surface area contributed by atoms with Crippen LogP contribution in [0.1, 0.15) is 17.7 Å². The van der Waals surface area contributed by atoms with Gasteiger partial charge < -0.3 is 8.98 Å². The summed E-state index contributed by atoms with van der Waals surface area (Å²) in [4.78, 5) is 15.3. The maximum atomic E-state index is 6.19. The summed E-state index contributed by atoms with van der Waals surface area (Å²) in [6.45, 7) is 0. The summed E-state index contributed by atoms with van der Waals surface area (Å²) in [5.41, 5.74) is 12.9. The van der Waals surface area contributed by atoms with Crippen LogP contribution < -0.4 is 0 Å². The van der Waals surface area contributed by atoms with Crippen LogP contribution in [0.2, 0.25) is 0 Å². The SMILES string of the molecule is C1=Cc2oc3ccc(-c4nc(-c5ccccc5)nc(-c5cccc(-c6cccc(-n7c8ccccc8c8ccc(-c9ccc%10ccccc%10c9)cc87)c6)c5)n4)cc3c2CC1. The van der Waals surface area contributed by atoms with Gasteiger partial charge in [-0.05, 0) is 107 Å². The van der Waals surface area contributed by atoms with E-state index < -0.39 is 0 Å². The van der Waals surface area contributed by atoms with Gasteiger partial charge in [-0.15, -0.1) is 0 Å². The zero-order chi connectivity index (χ0) is 39.6. The first-order valence-corrected chi connectivity index (χ1v) is 20.5. The van der Waals surface area contributed by atoms with E-state index in [1.807, 2.05) is 36.4 Å². The Labute approximate surface area is 346 Å².